The van der Waals surface area contributed by atoms with Crippen molar-refractivity contribution >= 4 is 0 Å². The molecule has 2 fully saturated rings. The molecule has 1 aliphatic heterocycles. The van der Waals surface area contributed by atoms with E-state index in [1.807, 2.05) is 0 Å². The summed E-state index contributed by atoms with van der Waals surface area (Å²) >= 11 is 0. The Hall–Kier alpha value is -0.0800. The zero-order valence-electron chi connectivity index (χ0n) is 11.2. The van der Waals surface area contributed by atoms with Gasteiger partial charge in [-0.25, -0.2) is 0 Å². The second-order valence-corrected chi connectivity index (χ2v) is 6.39. The Labute approximate surface area is 101 Å². The average Bonchev–Trinajstić information content (AvgIpc) is 2.17. The molecule has 1 saturated carbocycles. The molecule has 0 amide bonds. The summed E-state index contributed by atoms with van der Waals surface area (Å²) in [7, 11) is 0. The van der Waals surface area contributed by atoms with Crippen LogP contribution in [0.25, 0.3) is 0 Å². The molecule has 16 heavy (non-hydrogen) atoms. The molecule has 1 aliphatic carbocycles. The van der Waals surface area contributed by atoms with Gasteiger partial charge < -0.3 is 5.73 Å². The third-order valence-corrected chi connectivity index (χ3v) is 4.86. The predicted octanol–water partition coefficient (Wildman–Crippen LogP) is 2.48. The second-order valence-electron chi connectivity index (χ2n) is 6.39. The molecule has 1 saturated heterocycles. The lowest BCUT2D eigenvalue weighted by molar-refractivity contribution is -0.00151. The highest BCUT2D eigenvalue weighted by atomic mass is 15.2. The first-order valence-electron chi connectivity index (χ1n) is 7.07. The second kappa shape index (κ2) is 5.05. The maximum Gasteiger partial charge on any atom is 0.0223 e. The van der Waals surface area contributed by atoms with Crippen LogP contribution < -0.4 is 5.73 Å². The van der Waals surface area contributed by atoms with Crippen molar-refractivity contribution in [2.24, 2.45) is 23.5 Å². The van der Waals surface area contributed by atoms with Crippen LogP contribution in [0.3, 0.4) is 0 Å². The third kappa shape index (κ3) is 2.43. The van der Waals surface area contributed by atoms with Crippen LogP contribution in [0.2, 0.25) is 0 Å². The van der Waals surface area contributed by atoms with E-state index in [-0.39, 0.29) is 0 Å². The summed E-state index contributed by atoms with van der Waals surface area (Å²) in [5.41, 5.74) is 5.93. The fraction of sp³-hybridized carbons (Fsp3) is 1.00. The molecule has 94 valence electrons. The van der Waals surface area contributed by atoms with Crippen LogP contribution >= 0.6 is 0 Å². The molecule has 0 spiro atoms. The van der Waals surface area contributed by atoms with Crippen LogP contribution in [0, 0.1) is 17.8 Å². The van der Waals surface area contributed by atoms with Crippen LogP contribution in [0.15, 0.2) is 0 Å². The van der Waals surface area contributed by atoms with Gasteiger partial charge in [0.25, 0.3) is 0 Å². The number of hydrogen-bond acceptors (Lipinski definition) is 2. The summed E-state index contributed by atoms with van der Waals surface area (Å²) in [5.74, 6) is 2.73. The average molecular weight is 224 g/mol. The zero-order chi connectivity index (χ0) is 11.7. The topological polar surface area (TPSA) is 29.3 Å². The van der Waals surface area contributed by atoms with E-state index in [2.05, 4.69) is 25.7 Å². The SMILES string of the molecule is CC1CCN(C2CC(C(C)C)C2)C(CN)C1. The minimum atomic E-state index is 0.668. The first-order valence-corrected chi connectivity index (χ1v) is 7.07. The normalized spacial score (nSPS) is 41.1. The number of nitrogens with zero attached hydrogens (tertiary/aromatic N) is 1. The van der Waals surface area contributed by atoms with E-state index in [0.717, 1.165) is 30.3 Å². The van der Waals surface area contributed by atoms with Crippen molar-refractivity contribution < 1.29 is 0 Å². The highest BCUT2D eigenvalue weighted by Crippen LogP contribution is 2.39. The van der Waals surface area contributed by atoms with Crippen LogP contribution in [0.1, 0.15) is 46.5 Å². The quantitative estimate of drug-likeness (QED) is 0.798. The first kappa shape index (κ1) is 12.4. The monoisotopic (exact) mass is 224 g/mol. The van der Waals surface area contributed by atoms with E-state index in [1.54, 1.807) is 0 Å². The zero-order valence-corrected chi connectivity index (χ0v) is 11.2. The van der Waals surface area contributed by atoms with Gasteiger partial charge in [-0.2, -0.15) is 0 Å². The van der Waals surface area contributed by atoms with Gasteiger partial charge in [0, 0.05) is 18.6 Å². The summed E-state index contributed by atoms with van der Waals surface area (Å²) in [6.45, 7) is 9.24. The Morgan fingerprint density at radius 2 is 1.94 bits per heavy atom. The highest BCUT2D eigenvalue weighted by molar-refractivity contribution is 4.93. The Morgan fingerprint density at radius 3 is 2.50 bits per heavy atom. The molecular formula is C14H28N2. The van der Waals surface area contributed by atoms with Gasteiger partial charge in [-0.05, 0) is 50.0 Å². The molecule has 2 atom stereocenters. The molecule has 0 aromatic carbocycles. The Kier molecular flexibility index (Phi) is 3.91. The van der Waals surface area contributed by atoms with E-state index < -0.39 is 0 Å². The van der Waals surface area contributed by atoms with Gasteiger partial charge in [0.15, 0.2) is 0 Å². The lowest BCUT2D eigenvalue weighted by Crippen LogP contribution is -2.55. The smallest absolute Gasteiger partial charge is 0.0223 e. The van der Waals surface area contributed by atoms with E-state index in [0.29, 0.717) is 6.04 Å². The van der Waals surface area contributed by atoms with Gasteiger partial charge in [-0.3, -0.25) is 4.90 Å². The maximum atomic E-state index is 5.93. The lowest BCUT2D eigenvalue weighted by Gasteiger charge is -2.50. The maximum absolute atomic E-state index is 5.93. The minimum absolute atomic E-state index is 0.668. The number of piperidine rings is 1. The molecule has 2 heteroatoms. The molecule has 0 aromatic heterocycles. The van der Waals surface area contributed by atoms with Crippen molar-refractivity contribution in [1.29, 1.82) is 0 Å². The van der Waals surface area contributed by atoms with Gasteiger partial charge in [-0.1, -0.05) is 20.8 Å². The van der Waals surface area contributed by atoms with Gasteiger partial charge in [-0.15, -0.1) is 0 Å². The standard InChI is InChI=1S/C14H28N2/c1-10(2)12-7-13(8-12)16-5-4-11(3)6-14(16)9-15/h10-14H,4-9,15H2,1-3H3. The van der Waals surface area contributed by atoms with Crippen molar-refractivity contribution in [2.75, 3.05) is 13.1 Å². The molecule has 0 bridgehead atoms. The van der Waals surface area contributed by atoms with E-state index in [9.17, 15) is 0 Å². The molecule has 1 heterocycles. The summed E-state index contributed by atoms with van der Waals surface area (Å²) < 4.78 is 0. The summed E-state index contributed by atoms with van der Waals surface area (Å²) in [6, 6.07) is 1.52. The molecule has 2 unspecified atom stereocenters. The Bertz CT molecular complexity index is 221. The van der Waals surface area contributed by atoms with Crippen molar-refractivity contribution in [1.82, 2.24) is 4.90 Å². The molecular weight excluding hydrogens is 196 g/mol. The first-order chi connectivity index (χ1) is 7.61. The molecule has 2 rings (SSSR count). The summed E-state index contributed by atoms with van der Waals surface area (Å²) in [6.07, 6.45) is 5.53. The summed E-state index contributed by atoms with van der Waals surface area (Å²) in [5, 5.41) is 0. The van der Waals surface area contributed by atoms with Crippen LogP contribution in [0.4, 0.5) is 0 Å². The number of rotatable bonds is 3. The van der Waals surface area contributed by atoms with Crippen LogP contribution in [-0.2, 0) is 0 Å². The summed E-state index contributed by atoms with van der Waals surface area (Å²) in [4.78, 5) is 2.72. The largest absolute Gasteiger partial charge is 0.329 e. The highest BCUT2D eigenvalue weighted by Gasteiger charge is 2.39. The molecule has 0 radical (unpaired) electrons. The van der Waals surface area contributed by atoms with Crippen LogP contribution in [-0.4, -0.2) is 30.1 Å². The minimum Gasteiger partial charge on any atom is -0.329 e. The number of hydrogen-bond donors (Lipinski definition) is 1. The van der Waals surface area contributed by atoms with Crippen molar-refractivity contribution in [2.45, 2.75) is 58.5 Å². The lowest BCUT2D eigenvalue weighted by atomic mass is 9.72. The van der Waals surface area contributed by atoms with Gasteiger partial charge in [0.1, 0.15) is 0 Å². The van der Waals surface area contributed by atoms with E-state index in [4.69, 9.17) is 5.73 Å². The number of nitrogens with two attached hydrogens (primary N) is 1. The Balaban J connectivity index is 1.85. The van der Waals surface area contributed by atoms with Gasteiger partial charge in [0.2, 0.25) is 0 Å². The Morgan fingerprint density at radius 1 is 1.25 bits per heavy atom. The molecule has 2 nitrogen and oxygen atoms in total. The van der Waals surface area contributed by atoms with Gasteiger partial charge >= 0.3 is 0 Å². The van der Waals surface area contributed by atoms with E-state index in [1.165, 1.54) is 32.2 Å². The molecule has 0 aromatic rings. The predicted molar refractivity (Wildman–Crippen MR) is 69.3 cm³/mol. The fourth-order valence-electron chi connectivity index (χ4n) is 3.43. The fourth-order valence-corrected chi connectivity index (χ4v) is 3.43. The van der Waals surface area contributed by atoms with E-state index >= 15 is 0 Å². The van der Waals surface area contributed by atoms with Crippen molar-refractivity contribution in [3.8, 4) is 0 Å². The van der Waals surface area contributed by atoms with Crippen molar-refractivity contribution in [3.63, 3.8) is 0 Å². The molecule has 2 aliphatic rings. The number of likely N-dealkylation sites (tertiary alicyclic amines) is 1. The molecule has 2 N–H and O–H groups in total. The van der Waals surface area contributed by atoms with Gasteiger partial charge in [0.05, 0.1) is 0 Å². The third-order valence-electron chi connectivity index (χ3n) is 4.86. The van der Waals surface area contributed by atoms with Crippen LogP contribution in [0.5, 0.6) is 0 Å². The van der Waals surface area contributed by atoms with Crippen molar-refractivity contribution in [3.05, 3.63) is 0 Å².